The Hall–Kier alpha value is -1.92. The molecular weight excluding hydrogens is 204 g/mol. The molecule has 0 amide bonds. The van der Waals surface area contributed by atoms with Crippen LogP contribution >= 0.6 is 0 Å². The van der Waals surface area contributed by atoms with Gasteiger partial charge in [0.15, 0.2) is 0 Å². The highest BCUT2D eigenvalue weighted by Crippen LogP contribution is 1.93. The molecule has 0 aromatic heterocycles. The standard InChI is InChI=1S/C8H12N2O5/c1-9-10-7(8(13)15-3)5(11)4-6(12)14-2/h9H,4H2,1-3H3/b10-7-. The molecule has 0 aromatic rings. The Morgan fingerprint density at radius 3 is 2.20 bits per heavy atom. The molecule has 0 unspecified atom stereocenters. The van der Waals surface area contributed by atoms with Crippen molar-refractivity contribution >= 4 is 23.4 Å². The molecule has 1 N–H and O–H groups in total. The van der Waals surface area contributed by atoms with Gasteiger partial charge in [0.25, 0.3) is 0 Å². The monoisotopic (exact) mass is 216 g/mol. The third-order valence-corrected chi connectivity index (χ3v) is 1.40. The summed E-state index contributed by atoms with van der Waals surface area (Å²) in [7, 11) is 3.66. The predicted octanol–water partition coefficient (Wildman–Crippen LogP) is -1.13. The molecule has 7 nitrogen and oxygen atoms in total. The number of Topliss-reactive ketones (excluding diaryl/α,β-unsaturated/α-hetero) is 1. The van der Waals surface area contributed by atoms with Crippen LogP contribution in [0.3, 0.4) is 0 Å². The quantitative estimate of drug-likeness (QED) is 0.270. The molecule has 15 heavy (non-hydrogen) atoms. The fourth-order valence-electron chi connectivity index (χ4n) is 0.717. The van der Waals surface area contributed by atoms with Crippen molar-refractivity contribution in [3.8, 4) is 0 Å². The number of nitrogens with one attached hydrogen (secondary N) is 1. The Labute approximate surface area is 86.4 Å². The Bertz CT molecular complexity index is 297. The molecular formula is C8H12N2O5. The summed E-state index contributed by atoms with van der Waals surface area (Å²) in [5.41, 5.74) is 1.80. The number of rotatable bonds is 5. The van der Waals surface area contributed by atoms with E-state index in [9.17, 15) is 14.4 Å². The summed E-state index contributed by atoms with van der Waals surface area (Å²) < 4.78 is 8.59. The van der Waals surface area contributed by atoms with Crippen LogP contribution < -0.4 is 5.43 Å². The summed E-state index contributed by atoms with van der Waals surface area (Å²) >= 11 is 0. The third-order valence-electron chi connectivity index (χ3n) is 1.40. The molecule has 7 heteroatoms. The number of carbonyl (C=O) groups excluding carboxylic acids is 3. The number of carbonyl (C=O) groups is 3. The van der Waals surface area contributed by atoms with Crippen molar-refractivity contribution in [2.45, 2.75) is 6.42 Å². The third kappa shape index (κ3) is 4.21. The number of methoxy groups -OCH3 is 2. The number of ether oxygens (including phenoxy) is 2. The van der Waals surface area contributed by atoms with E-state index >= 15 is 0 Å². The van der Waals surface area contributed by atoms with E-state index in [1.54, 1.807) is 0 Å². The minimum atomic E-state index is -0.904. The highest BCUT2D eigenvalue weighted by molar-refractivity contribution is 6.65. The molecule has 0 aliphatic carbocycles. The predicted molar refractivity (Wildman–Crippen MR) is 50.2 cm³/mol. The van der Waals surface area contributed by atoms with Crippen molar-refractivity contribution in [3.63, 3.8) is 0 Å². The first-order valence-electron chi connectivity index (χ1n) is 3.99. The highest BCUT2D eigenvalue weighted by Gasteiger charge is 2.23. The lowest BCUT2D eigenvalue weighted by Gasteiger charge is -2.02. The fourth-order valence-corrected chi connectivity index (χ4v) is 0.717. The van der Waals surface area contributed by atoms with Gasteiger partial charge in [0.1, 0.15) is 6.42 Å². The number of hydrogen-bond donors (Lipinski definition) is 1. The molecule has 0 bridgehead atoms. The fraction of sp³-hybridized carbons (Fsp3) is 0.500. The molecule has 0 saturated carbocycles. The second-order valence-electron chi connectivity index (χ2n) is 2.35. The first-order chi connectivity index (χ1) is 7.06. The van der Waals surface area contributed by atoms with E-state index in [4.69, 9.17) is 0 Å². The Kier molecular flexibility index (Phi) is 5.69. The maximum atomic E-state index is 11.3. The topological polar surface area (TPSA) is 94.1 Å². The highest BCUT2D eigenvalue weighted by atomic mass is 16.5. The smallest absolute Gasteiger partial charge is 0.362 e. The van der Waals surface area contributed by atoms with Gasteiger partial charge in [0.05, 0.1) is 14.2 Å². The Balaban J connectivity index is 4.65. The van der Waals surface area contributed by atoms with Crippen LogP contribution in [-0.4, -0.2) is 44.7 Å². The van der Waals surface area contributed by atoms with Crippen molar-refractivity contribution in [1.82, 2.24) is 5.43 Å². The Morgan fingerprint density at radius 1 is 1.20 bits per heavy atom. The molecule has 0 rings (SSSR count). The summed E-state index contributed by atoms with van der Waals surface area (Å²) in [5, 5.41) is 3.42. The first-order valence-corrected chi connectivity index (χ1v) is 3.99. The summed E-state index contributed by atoms with van der Waals surface area (Å²) in [6, 6.07) is 0. The SMILES string of the molecule is CN/N=C(/C(=O)CC(=O)OC)C(=O)OC. The molecule has 0 heterocycles. The van der Waals surface area contributed by atoms with Crippen LogP contribution in [0.2, 0.25) is 0 Å². The average Bonchev–Trinajstić information content (AvgIpc) is 2.24. The summed E-state index contributed by atoms with van der Waals surface area (Å²) in [6.07, 6.45) is -0.549. The number of nitrogens with zero attached hydrogens (tertiary/aromatic N) is 1. The van der Waals surface area contributed by atoms with Crippen LogP contribution in [0, 0.1) is 0 Å². The van der Waals surface area contributed by atoms with E-state index < -0.39 is 29.9 Å². The van der Waals surface area contributed by atoms with Crippen LogP contribution in [0.25, 0.3) is 0 Å². The maximum absolute atomic E-state index is 11.3. The van der Waals surface area contributed by atoms with Gasteiger partial charge < -0.3 is 14.9 Å². The van der Waals surface area contributed by atoms with Crippen LogP contribution in [0.15, 0.2) is 5.10 Å². The van der Waals surface area contributed by atoms with Gasteiger partial charge in [-0.25, -0.2) is 4.79 Å². The van der Waals surface area contributed by atoms with Crippen molar-refractivity contribution in [3.05, 3.63) is 0 Å². The molecule has 0 atom stereocenters. The van der Waals surface area contributed by atoms with E-state index in [0.29, 0.717) is 0 Å². The number of esters is 2. The lowest BCUT2D eigenvalue weighted by molar-refractivity contribution is -0.142. The van der Waals surface area contributed by atoms with Crippen molar-refractivity contribution in [1.29, 1.82) is 0 Å². The van der Waals surface area contributed by atoms with E-state index in [1.165, 1.54) is 7.05 Å². The van der Waals surface area contributed by atoms with Gasteiger partial charge in [-0.1, -0.05) is 0 Å². The van der Waals surface area contributed by atoms with Gasteiger partial charge in [-0.3, -0.25) is 9.59 Å². The molecule has 0 saturated heterocycles. The molecule has 0 aliphatic rings. The van der Waals surface area contributed by atoms with Crippen LogP contribution in [0.5, 0.6) is 0 Å². The molecule has 0 aliphatic heterocycles. The van der Waals surface area contributed by atoms with E-state index in [2.05, 4.69) is 20.0 Å². The molecule has 0 aromatic carbocycles. The summed E-state index contributed by atoms with van der Waals surface area (Å²) in [6.45, 7) is 0. The van der Waals surface area contributed by atoms with E-state index in [1.807, 2.05) is 0 Å². The zero-order valence-electron chi connectivity index (χ0n) is 8.70. The second-order valence-corrected chi connectivity index (χ2v) is 2.35. The van der Waals surface area contributed by atoms with Gasteiger partial charge >= 0.3 is 11.9 Å². The number of hydrazone groups is 1. The maximum Gasteiger partial charge on any atom is 0.362 e. The molecule has 0 fully saturated rings. The summed E-state index contributed by atoms with van der Waals surface area (Å²) in [5.74, 6) is -2.41. The molecule has 0 spiro atoms. The van der Waals surface area contributed by atoms with Gasteiger partial charge in [0, 0.05) is 7.05 Å². The van der Waals surface area contributed by atoms with Gasteiger partial charge in [-0.2, -0.15) is 5.10 Å². The van der Waals surface area contributed by atoms with Crippen LogP contribution in [-0.2, 0) is 23.9 Å². The summed E-state index contributed by atoms with van der Waals surface area (Å²) in [4.78, 5) is 33.1. The van der Waals surface area contributed by atoms with E-state index in [0.717, 1.165) is 14.2 Å². The minimum Gasteiger partial charge on any atom is -0.469 e. The van der Waals surface area contributed by atoms with Crippen LogP contribution in [0.4, 0.5) is 0 Å². The second kappa shape index (κ2) is 6.52. The number of ketones is 1. The van der Waals surface area contributed by atoms with Crippen molar-refractivity contribution in [2.75, 3.05) is 21.3 Å². The molecule has 84 valence electrons. The lowest BCUT2D eigenvalue weighted by atomic mass is 10.2. The van der Waals surface area contributed by atoms with Crippen LogP contribution in [0.1, 0.15) is 6.42 Å². The van der Waals surface area contributed by atoms with Crippen molar-refractivity contribution < 1.29 is 23.9 Å². The molecule has 0 radical (unpaired) electrons. The largest absolute Gasteiger partial charge is 0.469 e. The normalized spacial score (nSPS) is 10.5. The minimum absolute atomic E-state index is 0.467. The zero-order valence-corrected chi connectivity index (χ0v) is 8.70. The van der Waals surface area contributed by atoms with Gasteiger partial charge in [-0.05, 0) is 0 Å². The van der Waals surface area contributed by atoms with Gasteiger partial charge in [-0.15, -0.1) is 0 Å². The Morgan fingerprint density at radius 2 is 1.80 bits per heavy atom. The van der Waals surface area contributed by atoms with Crippen molar-refractivity contribution in [2.24, 2.45) is 5.10 Å². The first kappa shape index (κ1) is 13.1. The zero-order chi connectivity index (χ0) is 11.8. The van der Waals surface area contributed by atoms with E-state index in [-0.39, 0.29) is 0 Å². The number of hydrogen-bond acceptors (Lipinski definition) is 7. The lowest BCUT2D eigenvalue weighted by Crippen LogP contribution is -2.29. The van der Waals surface area contributed by atoms with Gasteiger partial charge in [0.2, 0.25) is 11.5 Å². The average molecular weight is 216 g/mol.